The Bertz CT molecular complexity index is 523. The number of ether oxygens (including phenoxy) is 1. The van der Waals surface area contributed by atoms with Crippen molar-refractivity contribution < 1.29 is 9.53 Å². The van der Waals surface area contributed by atoms with E-state index in [0.717, 1.165) is 6.42 Å². The molecule has 1 aromatic carbocycles. The normalized spacial score (nSPS) is 32.6. The number of nitrogens with one attached hydrogen (secondary N) is 1. The van der Waals surface area contributed by atoms with Gasteiger partial charge in [0.1, 0.15) is 0 Å². The molecular weight excluding hydrogens is 287 g/mol. The van der Waals surface area contributed by atoms with Crippen molar-refractivity contribution in [2.45, 2.75) is 24.6 Å². The van der Waals surface area contributed by atoms with Gasteiger partial charge in [0.15, 0.2) is 0 Å². The summed E-state index contributed by atoms with van der Waals surface area (Å²) in [4.78, 5) is 12.2. The van der Waals surface area contributed by atoms with Crippen LogP contribution in [0.3, 0.4) is 0 Å². The van der Waals surface area contributed by atoms with Crippen molar-refractivity contribution >= 4 is 29.1 Å². The minimum Gasteiger partial charge on any atom is -0.376 e. The zero-order chi connectivity index (χ0) is 13.6. The van der Waals surface area contributed by atoms with Crippen molar-refractivity contribution in [2.24, 2.45) is 11.7 Å². The third-order valence-electron chi connectivity index (χ3n) is 3.94. The van der Waals surface area contributed by atoms with E-state index in [1.807, 2.05) is 0 Å². The SMILES string of the molecule is NC1C2CCOC2C1NC(=O)c1cccc(Cl)c1Cl. The van der Waals surface area contributed by atoms with E-state index >= 15 is 0 Å². The number of nitrogens with two attached hydrogens (primary N) is 1. The number of halogens is 2. The van der Waals surface area contributed by atoms with E-state index in [0.29, 0.717) is 23.1 Å². The Balaban J connectivity index is 1.73. The van der Waals surface area contributed by atoms with Crippen LogP contribution in [-0.2, 0) is 4.74 Å². The maximum atomic E-state index is 12.2. The lowest BCUT2D eigenvalue weighted by Gasteiger charge is -2.45. The molecule has 2 aliphatic rings. The minimum absolute atomic E-state index is 0.0388. The number of rotatable bonds is 2. The van der Waals surface area contributed by atoms with Gasteiger partial charge in [-0.2, -0.15) is 0 Å². The van der Waals surface area contributed by atoms with E-state index in [1.54, 1.807) is 18.2 Å². The minimum atomic E-state index is -0.262. The van der Waals surface area contributed by atoms with E-state index in [2.05, 4.69) is 5.32 Å². The second-order valence-electron chi connectivity index (χ2n) is 4.97. The molecule has 0 radical (unpaired) electrons. The average molecular weight is 301 g/mol. The Labute approximate surface area is 121 Å². The first-order chi connectivity index (χ1) is 9.09. The van der Waals surface area contributed by atoms with E-state index in [4.69, 9.17) is 33.7 Å². The lowest BCUT2D eigenvalue weighted by Crippen LogP contribution is -2.68. The van der Waals surface area contributed by atoms with Gasteiger partial charge in [-0.25, -0.2) is 0 Å². The summed E-state index contributed by atoms with van der Waals surface area (Å²) in [5.41, 5.74) is 6.41. The third-order valence-corrected chi connectivity index (χ3v) is 4.76. The zero-order valence-electron chi connectivity index (χ0n) is 10.1. The fourth-order valence-electron chi connectivity index (χ4n) is 2.84. The lowest BCUT2D eigenvalue weighted by molar-refractivity contribution is -0.0161. The third kappa shape index (κ3) is 2.13. The van der Waals surface area contributed by atoms with Gasteiger partial charge >= 0.3 is 0 Å². The molecule has 2 fully saturated rings. The van der Waals surface area contributed by atoms with Gasteiger partial charge in [-0.05, 0) is 18.6 Å². The monoisotopic (exact) mass is 300 g/mol. The molecular formula is C13H14Cl2N2O2. The summed E-state index contributed by atoms with van der Waals surface area (Å²) in [5, 5.41) is 3.52. The summed E-state index contributed by atoms with van der Waals surface area (Å²) < 4.78 is 5.57. The Morgan fingerprint density at radius 3 is 3.00 bits per heavy atom. The molecule has 19 heavy (non-hydrogen) atoms. The summed E-state index contributed by atoms with van der Waals surface area (Å²) in [7, 11) is 0. The Hall–Kier alpha value is -0.810. The number of fused-ring (bicyclic) bond motifs is 1. The Morgan fingerprint density at radius 1 is 1.42 bits per heavy atom. The molecule has 4 atom stereocenters. The van der Waals surface area contributed by atoms with Crippen LogP contribution in [0.25, 0.3) is 0 Å². The van der Waals surface area contributed by atoms with Gasteiger partial charge in [-0.1, -0.05) is 29.3 Å². The summed E-state index contributed by atoms with van der Waals surface area (Å²) in [6.07, 6.45) is 1.01. The first-order valence-electron chi connectivity index (χ1n) is 6.21. The van der Waals surface area contributed by atoms with Crippen LogP contribution < -0.4 is 11.1 Å². The molecule has 4 unspecified atom stereocenters. The van der Waals surface area contributed by atoms with E-state index in [-0.39, 0.29) is 29.1 Å². The standard InChI is InChI=1S/C13H14Cl2N2O2/c14-8-3-1-2-6(9(8)15)13(18)17-11-10(16)7-4-5-19-12(7)11/h1-3,7,10-12H,4-5,16H2,(H,17,18). The van der Waals surface area contributed by atoms with Crippen LogP contribution in [0.2, 0.25) is 10.0 Å². The molecule has 102 valence electrons. The highest BCUT2D eigenvalue weighted by Crippen LogP contribution is 2.38. The van der Waals surface area contributed by atoms with Crippen LogP contribution in [0.1, 0.15) is 16.8 Å². The average Bonchev–Trinajstić information content (AvgIpc) is 2.83. The largest absolute Gasteiger partial charge is 0.376 e. The summed E-state index contributed by atoms with van der Waals surface area (Å²) >= 11 is 11.9. The van der Waals surface area contributed by atoms with Crippen LogP contribution >= 0.6 is 23.2 Å². The van der Waals surface area contributed by atoms with Gasteiger partial charge in [-0.15, -0.1) is 0 Å². The second-order valence-corrected chi connectivity index (χ2v) is 5.75. The van der Waals surface area contributed by atoms with Crippen molar-refractivity contribution in [3.63, 3.8) is 0 Å². The predicted molar refractivity (Wildman–Crippen MR) is 73.5 cm³/mol. The fraction of sp³-hybridized carbons (Fsp3) is 0.462. The quantitative estimate of drug-likeness (QED) is 0.876. The summed E-state index contributed by atoms with van der Waals surface area (Å²) in [6.45, 7) is 0.716. The van der Waals surface area contributed by atoms with Gasteiger partial charge in [0, 0.05) is 18.6 Å². The van der Waals surface area contributed by atoms with Crippen LogP contribution in [0.4, 0.5) is 0 Å². The number of carbonyl (C=O) groups excluding carboxylic acids is 1. The fourth-order valence-corrected chi connectivity index (χ4v) is 3.22. The first kappa shape index (κ1) is 13.2. The highest BCUT2D eigenvalue weighted by atomic mass is 35.5. The van der Waals surface area contributed by atoms with Crippen LogP contribution in [0.5, 0.6) is 0 Å². The number of hydrogen-bond donors (Lipinski definition) is 2. The highest BCUT2D eigenvalue weighted by Gasteiger charge is 2.52. The van der Waals surface area contributed by atoms with Crippen molar-refractivity contribution in [3.05, 3.63) is 33.8 Å². The Kier molecular flexibility index (Phi) is 3.43. The molecule has 4 nitrogen and oxygen atoms in total. The second kappa shape index (κ2) is 4.94. The summed E-state index contributed by atoms with van der Waals surface area (Å²) in [5.74, 6) is 0.0991. The van der Waals surface area contributed by atoms with Crippen LogP contribution in [0, 0.1) is 5.92 Å². The van der Waals surface area contributed by atoms with Crippen LogP contribution in [-0.4, -0.2) is 30.7 Å². The molecule has 1 saturated heterocycles. The molecule has 1 aliphatic carbocycles. The van der Waals surface area contributed by atoms with Crippen molar-refractivity contribution in [1.29, 1.82) is 0 Å². The predicted octanol–water partition coefficient (Wildman–Crippen LogP) is 1.84. The van der Waals surface area contributed by atoms with Crippen molar-refractivity contribution in [3.8, 4) is 0 Å². The zero-order valence-corrected chi connectivity index (χ0v) is 11.6. The smallest absolute Gasteiger partial charge is 0.253 e. The van der Waals surface area contributed by atoms with E-state index in [1.165, 1.54) is 0 Å². The number of benzene rings is 1. The molecule has 1 amide bonds. The Morgan fingerprint density at radius 2 is 2.21 bits per heavy atom. The topological polar surface area (TPSA) is 64.3 Å². The van der Waals surface area contributed by atoms with E-state index < -0.39 is 0 Å². The molecule has 1 aromatic rings. The molecule has 1 aliphatic heterocycles. The van der Waals surface area contributed by atoms with Crippen molar-refractivity contribution in [2.75, 3.05) is 6.61 Å². The molecule has 0 aromatic heterocycles. The van der Waals surface area contributed by atoms with Crippen LogP contribution in [0.15, 0.2) is 18.2 Å². The maximum absolute atomic E-state index is 12.2. The van der Waals surface area contributed by atoms with Crippen molar-refractivity contribution in [1.82, 2.24) is 5.32 Å². The molecule has 3 rings (SSSR count). The highest BCUT2D eigenvalue weighted by molar-refractivity contribution is 6.43. The molecule has 0 bridgehead atoms. The molecule has 1 saturated carbocycles. The molecule has 0 spiro atoms. The number of hydrogen-bond acceptors (Lipinski definition) is 3. The maximum Gasteiger partial charge on any atom is 0.253 e. The first-order valence-corrected chi connectivity index (χ1v) is 6.97. The van der Waals surface area contributed by atoms with Gasteiger partial charge in [0.25, 0.3) is 5.91 Å². The number of amides is 1. The molecule has 6 heteroatoms. The number of carbonyl (C=O) groups is 1. The van der Waals surface area contributed by atoms with Gasteiger partial charge < -0.3 is 15.8 Å². The van der Waals surface area contributed by atoms with Gasteiger partial charge in [0.2, 0.25) is 0 Å². The molecule has 1 heterocycles. The van der Waals surface area contributed by atoms with Gasteiger partial charge in [0.05, 0.1) is 27.8 Å². The van der Waals surface area contributed by atoms with E-state index in [9.17, 15) is 4.79 Å². The summed E-state index contributed by atoms with van der Waals surface area (Å²) in [6, 6.07) is 4.79. The van der Waals surface area contributed by atoms with Gasteiger partial charge in [-0.3, -0.25) is 4.79 Å². The lowest BCUT2D eigenvalue weighted by atomic mass is 9.72. The molecule has 3 N–H and O–H groups in total.